The van der Waals surface area contributed by atoms with Gasteiger partial charge in [-0.15, -0.1) is 0 Å². The molecular weight excluding hydrogens is 266 g/mol. The normalized spacial score (nSPS) is 19.7. The van der Waals surface area contributed by atoms with Crippen molar-refractivity contribution >= 4 is 5.97 Å². The minimum Gasteiger partial charge on any atom is -0.480 e. The highest BCUT2D eigenvalue weighted by atomic mass is 16.5. The maximum atomic E-state index is 11.9. The van der Waals surface area contributed by atoms with Crippen LogP contribution in [0.1, 0.15) is 44.1 Å². The summed E-state index contributed by atoms with van der Waals surface area (Å²) in [6.45, 7) is 0.160. The van der Waals surface area contributed by atoms with Crippen LogP contribution in [0.25, 0.3) is 0 Å². The fourth-order valence-electron chi connectivity index (χ4n) is 2.97. The van der Waals surface area contributed by atoms with Crippen LogP contribution in [0, 0.1) is 0 Å². The SMILES string of the molecule is CNC(COC1CCCCCC1)(C(=O)O)c1ccccc1. The van der Waals surface area contributed by atoms with E-state index in [9.17, 15) is 9.90 Å². The Hall–Kier alpha value is -1.39. The molecule has 0 aromatic heterocycles. The molecule has 1 fully saturated rings. The van der Waals surface area contributed by atoms with E-state index in [1.165, 1.54) is 25.7 Å². The Morgan fingerprint density at radius 1 is 1.24 bits per heavy atom. The van der Waals surface area contributed by atoms with Crippen molar-refractivity contribution in [2.45, 2.75) is 50.2 Å². The molecule has 1 aromatic carbocycles. The second-order valence-electron chi connectivity index (χ2n) is 5.75. The number of rotatable bonds is 6. The van der Waals surface area contributed by atoms with Crippen LogP contribution in [-0.4, -0.2) is 30.8 Å². The number of aliphatic carboxylic acids is 1. The number of hydrogen-bond acceptors (Lipinski definition) is 3. The molecule has 0 radical (unpaired) electrons. The van der Waals surface area contributed by atoms with E-state index in [1.807, 2.05) is 30.3 Å². The lowest BCUT2D eigenvalue weighted by Gasteiger charge is -2.31. The van der Waals surface area contributed by atoms with Gasteiger partial charge in [0.05, 0.1) is 12.7 Å². The van der Waals surface area contributed by atoms with E-state index in [0.29, 0.717) is 0 Å². The van der Waals surface area contributed by atoms with Crippen molar-refractivity contribution in [1.82, 2.24) is 5.32 Å². The number of hydrogen-bond donors (Lipinski definition) is 2. The van der Waals surface area contributed by atoms with Crippen LogP contribution in [0.3, 0.4) is 0 Å². The van der Waals surface area contributed by atoms with Gasteiger partial charge < -0.3 is 9.84 Å². The second-order valence-corrected chi connectivity index (χ2v) is 5.75. The smallest absolute Gasteiger partial charge is 0.330 e. The molecule has 1 unspecified atom stereocenters. The number of likely N-dealkylation sites (N-methyl/N-ethyl adjacent to an activating group) is 1. The van der Waals surface area contributed by atoms with Gasteiger partial charge in [0.2, 0.25) is 0 Å². The third-order valence-corrected chi connectivity index (χ3v) is 4.40. The minimum atomic E-state index is -1.17. The predicted octanol–water partition coefficient (Wildman–Crippen LogP) is 2.93. The summed E-state index contributed by atoms with van der Waals surface area (Å²) in [5.74, 6) is -0.898. The van der Waals surface area contributed by atoms with E-state index in [-0.39, 0.29) is 12.7 Å². The molecule has 1 aliphatic rings. The molecule has 2 rings (SSSR count). The van der Waals surface area contributed by atoms with Crippen molar-refractivity contribution < 1.29 is 14.6 Å². The van der Waals surface area contributed by atoms with Gasteiger partial charge in [0, 0.05) is 0 Å². The zero-order chi connectivity index (χ0) is 15.1. The van der Waals surface area contributed by atoms with Crippen molar-refractivity contribution in [2.75, 3.05) is 13.7 Å². The maximum Gasteiger partial charge on any atom is 0.330 e. The third kappa shape index (κ3) is 3.83. The molecule has 1 saturated carbocycles. The van der Waals surface area contributed by atoms with Gasteiger partial charge in [0.15, 0.2) is 5.54 Å². The first kappa shape index (κ1) is 16.0. The average Bonchev–Trinajstić information content (AvgIpc) is 2.78. The lowest BCUT2D eigenvalue weighted by Crippen LogP contribution is -2.51. The van der Waals surface area contributed by atoms with E-state index in [2.05, 4.69) is 5.32 Å². The predicted molar refractivity (Wildman–Crippen MR) is 82.3 cm³/mol. The highest BCUT2D eigenvalue weighted by Crippen LogP contribution is 2.25. The van der Waals surface area contributed by atoms with Crippen LogP contribution >= 0.6 is 0 Å². The van der Waals surface area contributed by atoms with Crippen LogP contribution in [0.15, 0.2) is 30.3 Å². The first-order chi connectivity index (χ1) is 10.2. The summed E-state index contributed by atoms with van der Waals surface area (Å²) in [6, 6.07) is 9.27. The number of carboxylic acids is 1. The number of nitrogens with one attached hydrogen (secondary N) is 1. The van der Waals surface area contributed by atoms with Gasteiger partial charge in [-0.1, -0.05) is 56.0 Å². The van der Waals surface area contributed by atoms with Crippen molar-refractivity contribution in [1.29, 1.82) is 0 Å². The molecule has 1 atom stereocenters. The zero-order valence-electron chi connectivity index (χ0n) is 12.7. The standard InChI is InChI=1S/C17H25NO3/c1-18-17(16(19)20,14-9-5-4-6-10-14)13-21-15-11-7-2-3-8-12-15/h4-6,9-10,15,18H,2-3,7-8,11-13H2,1H3,(H,19,20). The molecule has 0 spiro atoms. The summed E-state index contributed by atoms with van der Waals surface area (Å²) in [6.07, 6.45) is 7.13. The first-order valence-electron chi connectivity index (χ1n) is 7.78. The van der Waals surface area contributed by atoms with Crippen molar-refractivity contribution in [3.8, 4) is 0 Å². The van der Waals surface area contributed by atoms with Gasteiger partial charge in [-0.25, -0.2) is 4.79 Å². The summed E-state index contributed by atoms with van der Waals surface area (Å²) in [4.78, 5) is 11.9. The van der Waals surface area contributed by atoms with Crippen LogP contribution in [0.4, 0.5) is 0 Å². The maximum absolute atomic E-state index is 11.9. The van der Waals surface area contributed by atoms with Gasteiger partial charge in [-0.3, -0.25) is 5.32 Å². The van der Waals surface area contributed by atoms with Crippen LogP contribution in [0.5, 0.6) is 0 Å². The summed E-state index contributed by atoms with van der Waals surface area (Å²) in [7, 11) is 1.68. The van der Waals surface area contributed by atoms with Crippen LogP contribution in [-0.2, 0) is 15.1 Å². The molecule has 2 N–H and O–H groups in total. The Kier molecular flexibility index (Phi) is 5.76. The van der Waals surface area contributed by atoms with E-state index in [0.717, 1.165) is 18.4 Å². The lowest BCUT2D eigenvalue weighted by atomic mass is 9.91. The summed E-state index contributed by atoms with van der Waals surface area (Å²) in [5, 5.41) is 12.7. The number of benzene rings is 1. The molecule has 4 heteroatoms. The quantitative estimate of drug-likeness (QED) is 0.791. The lowest BCUT2D eigenvalue weighted by molar-refractivity contribution is -0.149. The van der Waals surface area contributed by atoms with Gasteiger partial charge in [0.25, 0.3) is 0 Å². The van der Waals surface area contributed by atoms with E-state index < -0.39 is 11.5 Å². The Balaban J connectivity index is 2.11. The van der Waals surface area contributed by atoms with E-state index in [1.54, 1.807) is 7.05 Å². The Morgan fingerprint density at radius 2 is 1.86 bits per heavy atom. The van der Waals surface area contributed by atoms with E-state index >= 15 is 0 Å². The number of ether oxygens (including phenoxy) is 1. The van der Waals surface area contributed by atoms with Crippen LogP contribution < -0.4 is 5.32 Å². The molecular formula is C17H25NO3. The Bertz CT molecular complexity index is 441. The Morgan fingerprint density at radius 3 is 2.38 bits per heavy atom. The summed E-state index contributed by atoms with van der Waals surface area (Å²) >= 11 is 0. The van der Waals surface area contributed by atoms with Gasteiger partial charge >= 0.3 is 5.97 Å². The van der Waals surface area contributed by atoms with Gasteiger partial charge in [-0.2, -0.15) is 0 Å². The highest BCUT2D eigenvalue weighted by molar-refractivity contribution is 5.81. The molecule has 0 saturated heterocycles. The Labute approximate surface area is 126 Å². The molecule has 1 aliphatic carbocycles. The molecule has 21 heavy (non-hydrogen) atoms. The largest absolute Gasteiger partial charge is 0.480 e. The monoisotopic (exact) mass is 291 g/mol. The fourth-order valence-corrected chi connectivity index (χ4v) is 2.97. The number of carbonyl (C=O) groups is 1. The van der Waals surface area contributed by atoms with Gasteiger partial charge in [-0.05, 0) is 25.5 Å². The molecule has 1 aromatic rings. The molecule has 0 heterocycles. The summed E-state index contributed by atoms with van der Waals surface area (Å²) in [5.41, 5.74) is -0.443. The average molecular weight is 291 g/mol. The highest BCUT2D eigenvalue weighted by Gasteiger charge is 2.40. The second kappa shape index (κ2) is 7.57. The fraction of sp³-hybridized carbons (Fsp3) is 0.588. The van der Waals surface area contributed by atoms with Crippen molar-refractivity contribution in [3.05, 3.63) is 35.9 Å². The van der Waals surface area contributed by atoms with Crippen LogP contribution in [0.2, 0.25) is 0 Å². The number of carboxylic acid groups (broad SMARTS) is 1. The van der Waals surface area contributed by atoms with Crippen molar-refractivity contribution in [2.24, 2.45) is 0 Å². The molecule has 4 nitrogen and oxygen atoms in total. The minimum absolute atomic E-state index is 0.160. The molecule has 116 valence electrons. The topological polar surface area (TPSA) is 58.6 Å². The van der Waals surface area contributed by atoms with Gasteiger partial charge in [0.1, 0.15) is 0 Å². The molecule has 0 bridgehead atoms. The van der Waals surface area contributed by atoms with E-state index in [4.69, 9.17) is 4.74 Å². The molecule has 0 amide bonds. The van der Waals surface area contributed by atoms with Crippen molar-refractivity contribution in [3.63, 3.8) is 0 Å². The first-order valence-corrected chi connectivity index (χ1v) is 7.78. The zero-order valence-corrected chi connectivity index (χ0v) is 12.7. The summed E-state index contributed by atoms with van der Waals surface area (Å²) < 4.78 is 5.99. The molecule has 0 aliphatic heterocycles. The third-order valence-electron chi connectivity index (χ3n) is 4.40.